The molecule has 0 unspecified atom stereocenters. The van der Waals surface area contributed by atoms with E-state index in [0.717, 1.165) is 12.1 Å². The van der Waals surface area contributed by atoms with Crippen LogP contribution in [0.1, 0.15) is 10.4 Å². The predicted octanol–water partition coefficient (Wildman–Crippen LogP) is 2.60. The molecule has 0 amide bonds. The van der Waals surface area contributed by atoms with Crippen molar-refractivity contribution in [3.8, 4) is 5.75 Å². The van der Waals surface area contributed by atoms with Gasteiger partial charge < -0.3 is 9.47 Å². The molecule has 0 bridgehead atoms. The molecule has 1 aromatic rings. The highest BCUT2D eigenvalue weighted by molar-refractivity contribution is 5.99. The average Bonchev–Trinajstić information content (AvgIpc) is 2.27. The zero-order chi connectivity index (χ0) is 13.8. The number of halogens is 4. The molecule has 100 valence electrons. The molecule has 0 heterocycles. The quantitative estimate of drug-likeness (QED) is 0.607. The topological polar surface area (TPSA) is 35.5 Å². The molecule has 0 spiro atoms. The summed E-state index contributed by atoms with van der Waals surface area (Å²) in [5.41, 5.74) is -0.153. The first kappa shape index (κ1) is 14.4. The van der Waals surface area contributed by atoms with E-state index in [0.29, 0.717) is 0 Å². The summed E-state index contributed by atoms with van der Waals surface area (Å²) in [5, 5.41) is 0. The highest BCUT2D eigenvalue weighted by Crippen LogP contribution is 2.20. The maximum Gasteiger partial charge on any atom is 0.411 e. The minimum Gasteiger partial charge on any atom is -0.496 e. The van der Waals surface area contributed by atoms with E-state index in [-0.39, 0.29) is 11.3 Å². The van der Waals surface area contributed by atoms with Crippen molar-refractivity contribution in [3.05, 3.63) is 29.6 Å². The fourth-order valence-corrected chi connectivity index (χ4v) is 1.24. The van der Waals surface area contributed by atoms with Crippen LogP contribution >= 0.6 is 0 Å². The molecule has 0 aliphatic rings. The molecule has 18 heavy (non-hydrogen) atoms. The second-order valence-corrected chi connectivity index (χ2v) is 3.38. The third kappa shape index (κ3) is 4.33. The number of ketones is 1. The van der Waals surface area contributed by atoms with Gasteiger partial charge in [-0.3, -0.25) is 4.79 Å². The van der Waals surface area contributed by atoms with Gasteiger partial charge in [0.2, 0.25) is 0 Å². The van der Waals surface area contributed by atoms with E-state index in [9.17, 15) is 22.4 Å². The van der Waals surface area contributed by atoms with Gasteiger partial charge in [0.1, 0.15) is 24.8 Å². The van der Waals surface area contributed by atoms with Crippen molar-refractivity contribution >= 4 is 5.78 Å². The maximum atomic E-state index is 12.9. The number of rotatable bonds is 5. The van der Waals surface area contributed by atoms with Crippen LogP contribution < -0.4 is 4.74 Å². The molecule has 0 radical (unpaired) electrons. The standard InChI is InChI=1S/C11H10F4O3/c1-17-10-3-2-7(12)4-8(10)9(16)5-18-6-11(13,14)15/h2-4H,5-6H2,1H3. The molecular formula is C11H10F4O3. The van der Waals surface area contributed by atoms with E-state index in [2.05, 4.69) is 4.74 Å². The van der Waals surface area contributed by atoms with E-state index in [4.69, 9.17) is 4.74 Å². The van der Waals surface area contributed by atoms with Gasteiger partial charge in [-0.2, -0.15) is 13.2 Å². The molecule has 0 atom stereocenters. The number of Topliss-reactive ketones (excluding diaryl/α,β-unsaturated/α-hetero) is 1. The van der Waals surface area contributed by atoms with Crippen LogP contribution in [0.15, 0.2) is 18.2 Å². The molecule has 0 aromatic heterocycles. The monoisotopic (exact) mass is 266 g/mol. The Labute approximate surface area is 100 Å². The Bertz CT molecular complexity index is 429. The van der Waals surface area contributed by atoms with Crippen LogP contribution in [0, 0.1) is 5.82 Å². The fourth-order valence-electron chi connectivity index (χ4n) is 1.24. The SMILES string of the molecule is COc1ccc(F)cc1C(=O)COCC(F)(F)F. The number of methoxy groups -OCH3 is 1. The van der Waals surface area contributed by atoms with Gasteiger partial charge in [-0.05, 0) is 18.2 Å². The van der Waals surface area contributed by atoms with E-state index >= 15 is 0 Å². The summed E-state index contributed by atoms with van der Waals surface area (Å²) in [4.78, 5) is 11.5. The van der Waals surface area contributed by atoms with Crippen molar-refractivity contribution < 1.29 is 31.8 Å². The molecule has 0 aliphatic carbocycles. The summed E-state index contributed by atoms with van der Waals surface area (Å²) in [6.07, 6.45) is -4.51. The van der Waals surface area contributed by atoms with Gasteiger partial charge in [0.15, 0.2) is 5.78 Å². The second kappa shape index (κ2) is 5.81. The predicted molar refractivity (Wildman–Crippen MR) is 54.2 cm³/mol. The van der Waals surface area contributed by atoms with Gasteiger partial charge in [0.05, 0.1) is 12.7 Å². The van der Waals surface area contributed by atoms with Crippen LogP contribution in [0.4, 0.5) is 17.6 Å². The first-order valence-corrected chi connectivity index (χ1v) is 4.84. The summed E-state index contributed by atoms with van der Waals surface area (Å²) >= 11 is 0. The number of ether oxygens (including phenoxy) is 2. The Kier molecular flexibility index (Phi) is 4.66. The Balaban J connectivity index is 2.69. The lowest BCUT2D eigenvalue weighted by Crippen LogP contribution is -2.20. The highest BCUT2D eigenvalue weighted by Gasteiger charge is 2.28. The number of hydrogen-bond donors (Lipinski definition) is 0. The van der Waals surface area contributed by atoms with E-state index < -0.39 is 31.0 Å². The third-order valence-corrected chi connectivity index (χ3v) is 1.96. The summed E-state index contributed by atoms with van der Waals surface area (Å²) in [5.74, 6) is -1.39. The highest BCUT2D eigenvalue weighted by atomic mass is 19.4. The Morgan fingerprint density at radius 3 is 2.56 bits per heavy atom. The van der Waals surface area contributed by atoms with E-state index in [1.54, 1.807) is 0 Å². The second-order valence-electron chi connectivity index (χ2n) is 3.38. The molecule has 0 fully saturated rings. The number of hydrogen-bond acceptors (Lipinski definition) is 3. The van der Waals surface area contributed by atoms with Crippen LogP contribution in [-0.2, 0) is 4.74 Å². The summed E-state index contributed by atoms with van der Waals surface area (Å²) < 4.78 is 57.3. The molecular weight excluding hydrogens is 256 g/mol. The average molecular weight is 266 g/mol. The smallest absolute Gasteiger partial charge is 0.411 e. The number of benzene rings is 1. The van der Waals surface area contributed by atoms with Crippen molar-refractivity contribution in [2.24, 2.45) is 0 Å². The number of alkyl halides is 3. The molecule has 0 N–H and O–H groups in total. The van der Waals surface area contributed by atoms with E-state index in [1.807, 2.05) is 0 Å². The molecule has 3 nitrogen and oxygen atoms in total. The lowest BCUT2D eigenvalue weighted by Gasteiger charge is -2.09. The summed E-state index contributed by atoms with van der Waals surface area (Å²) in [7, 11) is 1.26. The van der Waals surface area contributed by atoms with Crippen molar-refractivity contribution in [1.29, 1.82) is 0 Å². The lowest BCUT2D eigenvalue weighted by atomic mass is 10.1. The molecule has 0 saturated heterocycles. The third-order valence-electron chi connectivity index (χ3n) is 1.96. The Morgan fingerprint density at radius 1 is 1.33 bits per heavy atom. The molecule has 1 aromatic carbocycles. The maximum absolute atomic E-state index is 12.9. The first-order valence-electron chi connectivity index (χ1n) is 4.84. The normalized spacial score (nSPS) is 11.4. The Hall–Kier alpha value is -1.63. The Morgan fingerprint density at radius 2 is 2.00 bits per heavy atom. The van der Waals surface area contributed by atoms with Gasteiger partial charge in [0, 0.05) is 0 Å². The first-order chi connectivity index (χ1) is 8.33. The minimum absolute atomic E-state index is 0.0806. The van der Waals surface area contributed by atoms with E-state index in [1.165, 1.54) is 13.2 Å². The lowest BCUT2D eigenvalue weighted by molar-refractivity contribution is -0.170. The van der Waals surface area contributed by atoms with Crippen molar-refractivity contribution in [3.63, 3.8) is 0 Å². The molecule has 0 aliphatic heterocycles. The van der Waals surface area contributed by atoms with Crippen molar-refractivity contribution in [1.82, 2.24) is 0 Å². The number of carbonyl (C=O) groups is 1. The molecule has 1 rings (SSSR count). The largest absolute Gasteiger partial charge is 0.496 e. The van der Waals surface area contributed by atoms with Crippen molar-refractivity contribution in [2.75, 3.05) is 20.3 Å². The van der Waals surface area contributed by atoms with Gasteiger partial charge in [-0.25, -0.2) is 4.39 Å². The van der Waals surface area contributed by atoms with Crippen LogP contribution in [0.25, 0.3) is 0 Å². The van der Waals surface area contributed by atoms with Crippen molar-refractivity contribution in [2.45, 2.75) is 6.18 Å². The number of carbonyl (C=O) groups excluding carboxylic acids is 1. The van der Waals surface area contributed by atoms with Gasteiger partial charge in [-0.15, -0.1) is 0 Å². The summed E-state index contributed by atoms with van der Waals surface area (Å²) in [6.45, 7) is -2.32. The van der Waals surface area contributed by atoms with Gasteiger partial charge >= 0.3 is 6.18 Å². The zero-order valence-corrected chi connectivity index (χ0v) is 9.38. The summed E-state index contributed by atoms with van der Waals surface area (Å²) in [6, 6.07) is 3.18. The molecule has 7 heteroatoms. The fraction of sp³-hybridized carbons (Fsp3) is 0.364. The van der Waals surface area contributed by atoms with Crippen LogP contribution in [0.3, 0.4) is 0 Å². The van der Waals surface area contributed by atoms with Crippen LogP contribution in [-0.4, -0.2) is 32.3 Å². The van der Waals surface area contributed by atoms with Crippen LogP contribution in [0.2, 0.25) is 0 Å². The zero-order valence-electron chi connectivity index (χ0n) is 9.38. The van der Waals surface area contributed by atoms with Gasteiger partial charge in [-0.1, -0.05) is 0 Å². The minimum atomic E-state index is -4.51. The van der Waals surface area contributed by atoms with Crippen LogP contribution in [0.5, 0.6) is 5.75 Å². The molecule has 0 saturated carbocycles. The van der Waals surface area contributed by atoms with Gasteiger partial charge in [0.25, 0.3) is 0 Å².